The van der Waals surface area contributed by atoms with Crippen LogP contribution in [0.4, 0.5) is 0 Å². The van der Waals surface area contributed by atoms with E-state index in [2.05, 4.69) is 25.7 Å². The van der Waals surface area contributed by atoms with Gasteiger partial charge in [-0.3, -0.25) is 9.89 Å². The maximum atomic E-state index is 12.5. The zero-order valence-electron chi connectivity index (χ0n) is 16.5. The monoisotopic (exact) mass is 420 g/mol. The summed E-state index contributed by atoms with van der Waals surface area (Å²) in [5, 5.41) is 18.0. The summed E-state index contributed by atoms with van der Waals surface area (Å²) in [6.45, 7) is 4.95. The summed E-state index contributed by atoms with van der Waals surface area (Å²) in [4.78, 5) is 12.5. The molecule has 9 heteroatoms. The molecule has 152 valence electrons. The van der Waals surface area contributed by atoms with Crippen LogP contribution in [0.5, 0.6) is 0 Å². The largest absolute Gasteiger partial charge is 0.416 e. The summed E-state index contributed by atoms with van der Waals surface area (Å²) in [6, 6.07) is 14.9. The molecule has 0 saturated carbocycles. The van der Waals surface area contributed by atoms with Crippen molar-refractivity contribution < 1.29 is 9.21 Å². The van der Waals surface area contributed by atoms with Gasteiger partial charge >= 0.3 is 0 Å². The number of aromatic nitrogens is 5. The first-order chi connectivity index (χ1) is 14.5. The molecule has 4 aromatic rings. The topological polar surface area (TPSA) is 102 Å². The normalized spacial score (nSPS) is 10.9. The summed E-state index contributed by atoms with van der Waals surface area (Å²) in [6.07, 6.45) is 0. The third kappa shape index (κ3) is 4.06. The van der Waals surface area contributed by atoms with E-state index in [9.17, 15) is 4.79 Å². The molecular formula is C21H20N6O2S. The third-order valence-electron chi connectivity index (χ3n) is 4.64. The predicted molar refractivity (Wildman–Crippen MR) is 114 cm³/mol. The molecule has 4 rings (SSSR count). The van der Waals surface area contributed by atoms with E-state index in [1.54, 1.807) is 24.3 Å². The fourth-order valence-electron chi connectivity index (χ4n) is 3.07. The van der Waals surface area contributed by atoms with Gasteiger partial charge in [-0.25, -0.2) is 0 Å². The molecule has 0 spiro atoms. The van der Waals surface area contributed by atoms with E-state index >= 15 is 0 Å². The number of amides is 1. The number of aryl methyl sites for hydroxylation is 1. The van der Waals surface area contributed by atoms with Crippen LogP contribution >= 0.6 is 12.2 Å². The van der Waals surface area contributed by atoms with E-state index in [1.165, 1.54) is 0 Å². The molecule has 2 aromatic heterocycles. The lowest BCUT2D eigenvalue weighted by molar-refractivity contribution is 0.0949. The van der Waals surface area contributed by atoms with Gasteiger partial charge in [0, 0.05) is 23.2 Å². The highest BCUT2D eigenvalue weighted by Crippen LogP contribution is 2.24. The van der Waals surface area contributed by atoms with Crippen molar-refractivity contribution in [3.05, 3.63) is 70.3 Å². The quantitative estimate of drug-likeness (QED) is 0.459. The van der Waals surface area contributed by atoms with Crippen LogP contribution in [0.1, 0.15) is 28.7 Å². The summed E-state index contributed by atoms with van der Waals surface area (Å²) >= 11 is 5.16. The summed E-state index contributed by atoms with van der Waals surface area (Å²) in [7, 11) is 0. The van der Waals surface area contributed by atoms with Crippen molar-refractivity contribution in [3.8, 4) is 22.9 Å². The number of benzene rings is 2. The zero-order valence-corrected chi connectivity index (χ0v) is 17.4. The van der Waals surface area contributed by atoms with E-state index in [1.807, 2.05) is 42.7 Å². The second-order valence-corrected chi connectivity index (χ2v) is 7.12. The van der Waals surface area contributed by atoms with Crippen molar-refractivity contribution in [2.45, 2.75) is 26.9 Å². The number of carbonyl (C=O) groups is 1. The Hall–Kier alpha value is -3.59. The maximum Gasteiger partial charge on any atom is 0.251 e. The highest BCUT2D eigenvalue weighted by atomic mass is 32.1. The average molecular weight is 420 g/mol. The second-order valence-electron chi connectivity index (χ2n) is 6.73. The maximum absolute atomic E-state index is 12.5. The van der Waals surface area contributed by atoms with Crippen molar-refractivity contribution in [1.82, 2.24) is 30.3 Å². The van der Waals surface area contributed by atoms with Gasteiger partial charge in [0.1, 0.15) is 0 Å². The third-order valence-corrected chi connectivity index (χ3v) is 4.96. The molecule has 1 amide bonds. The van der Waals surface area contributed by atoms with Gasteiger partial charge < -0.3 is 14.3 Å². The Labute approximate surface area is 178 Å². The Morgan fingerprint density at radius 2 is 1.87 bits per heavy atom. The zero-order chi connectivity index (χ0) is 21.1. The molecule has 0 saturated heterocycles. The van der Waals surface area contributed by atoms with Crippen LogP contribution in [-0.4, -0.2) is 30.9 Å². The fourth-order valence-corrected chi connectivity index (χ4v) is 3.35. The average Bonchev–Trinajstić information content (AvgIpc) is 3.39. The summed E-state index contributed by atoms with van der Waals surface area (Å²) in [5.41, 5.74) is 3.25. The number of hydrogen-bond acceptors (Lipinski definition) is 6. The van der Waals surface area contributed by atoms with Crippen molar-refractivity contribution >= 4 is 18.1 Å². The molecule has 0 bridgehead atoms. The molecule has 2 N–H and O–H groups in total. The lowest BCUT2D eigenvalue weighted by atomic mass is 10.1. The molecular weight excluding hydrogens is 400 g/mol. The van der Waals surface area contributed by atoms with E-state index in [4.69, 9.17) is 16.6 Å². The van der Waals surface area contributed by atoms with Gasteiger partial charge in [0.2, 0.25) is 11.8 Å². The highest BCUT2D eigenvalue weighted by Gasteiger charge is 2.13. The van der Waals surface area contributed by atoms with Gasteiger partial charge in [0.15, 0.2) is 10.6 Å². The molecule has 0 aliphatic carbocycles. The molecule has 0 aliphatic rings. The van der Waals surface area contributed by atoms with Gasteiger partial charge in [0.25, 0.3) is 5.91 Å². The molecule has 0 fully saturated rings. The minimum Gasteiger partial charge on any atom is -0.416 e. The van der Waals surface area contributed by atoms with Gasteiger partial charge in [-0.2, -0.15) is 5.10 Å². The van der Waals surface area contributed by atoms with Crippen molar-refractivity contribution in [2.75, 3.05) is 0 Å². The van der Waals surface area contributed by atoms with E-state index in [0.717, 1.165) is 16.7 Å². The van der Waals surface area contributed by atoms with E-state index in [0.29, 0.717) is 34.5 Å². The Balaban J connectivity index is 1.45. The number of nitrogens with zero attached hydrogens (tertiary/aromatic N) is 4. The van der Waals surface area contributed by atoms with Crippen molar-refractivity contribution in [1.29, 1.82) is 0 Å². The Bertz CT molecular complexity index is 1240. The summed E-state index contributed by atoms with van der Waals surface area (Å²) < 4.78 is 8.17. The molecule has 0 unspecified atom stereocenters. The predicted octanol–water partition coefficient (Wildman–Crippen LogP) is 3.92. The first-order valence-corrected chi connectivity index (χ1v) is 9.89. The van der Waals surface area contributed by atoms with Crippen LogP contribution in [-0.2, 0) is 13.1 Å². The Morgan fingerprint density at radius 1 is 1.13 bits per heavy atom. The Kier molecular flexibility index (Phi) is 5.53. The molecule has 0 radical (unpaired) electrons. The number of hydrogen-bond donors (Lipinski definition) is 2. The number of H-pyrrole nitrogens is 1. The molecule has 30 heavy (non-hydrogen) atoms. The highest BCUT2D eigenvalue weighted by molar-refractivity contribution is 7.71. The van der Waals surface area contributed by atoms with Crippen LogP contribution in [0, 0.1) is 11.7 Å². The molecule has 0 aliphatic heterocycles. The fraction of sp³-hybridized carbons (Fsp3) is 0.190. The lowest BCUT2D eigenvalue weighted by Crippen LogP contribution is -2.24. The SMILES string of the molecule is CCn1c(CNC(=O)c2ccc(-c3nnc(-c4cccc(C)c4)o3)cc2)n[nH]c1=S. The summed E-state index contributed by atoms with van der Waals surface area (Å²) in [5.74, 6) is 1.34. The van der Waals surface area contributed by atoms with Crippen molar-refractivity contribution in [3.63, 3.8) is 0 Å². The van der Waals surface area contributed by atoms with Crippen LogP contribution in [0.2, 0.25) is 0 Å². The minimum absolute atomic E-state index is 0.205. The molecule has 0 atom stereocenters. The van der Waals surface area contributed by atoms with Gasteiger partial charge in [-0.1, -0.05) is 17.7 Å². The first-order valence-electron chi connectivity index (χ1n) is 9.48. The molecule has 2 aromatic carbocycles. The lowest BCUT2D eigenvalue weighted by Gasteiger charge is -2.06. The number of nitrogens with one attached hydrogen (secondary N) is 2. The van der Waals surface area contributed by atoms with Crippen molar-refractivity contribution in [2.24, 2.45) is 0 Å². The van der Waals surface area contributed by atoms with Crippen LogP contribution in [0.15, 0.2) is 52.9 Å². The van der Waals surface area contributed by atoms with Crippen LogP contribution in [0.3, 0.4) is 0 Å². The van der Waals surface area contributed by atoms with Gasteiger partial charge in [-0.15, -0.1) is 10.2 Å². The standard InChI is InChI=1S/C21H20N6O2S/c1-3-27-17(23-26-21(27)30)12-22-18(28)14-7-9-15(10-8-14)19-24-25-20(29-19)16-6-4-5-13(2)11-16/h4-11H,3,12H2,1-2H3,(H,22,28)(H,26,30). The van der Waals surface area contributed by atoms with Crippen LogP contribution in [0.25, 0.3) is 22.9 Å². The number of carbonyl (C=O) groups excluding carboxylic acids is 1. The van der Waals surface area contributed by atoms with E-state index < -0.39 is 0 Å². The minimum atomic E-state index is -0.205. The van der Waals surface area contributed by atoms with E-state index in [-0.39, 0.29) is 12.5 Å². The van der Waals surface area contributed by atoms with Gasteiger partial charge in [0.05, 0.1) is 6.54 Å². The second kappa shape index (κ2) is 8.42. The number of aromatic amines is 1. The Morgan fingerprint density at radius 3 is 2.57 bits per heavy atom. The molecule has 8 nitrogen and oxygen atoms in total. The smallest absolute Gasteiger partial charge is 0.251 e. The first kappa shape index (κ1) is 19.7. The van der Waals surface area contributed by atoms with Crippen LogP contribution < -0.4 is 5.32 Å². The number of rotatable bonds is 6. The van der Waals surface area contributed by atoms with Gasteiger partial charge in [-0.05, 0) is 62.5 Å². The molecule has 2 heterocycles.